The number of aliphatic carboxylic acids is 1. The van der Waals surface area contributed by atoms with E-state index in [-0.39, 0.29) is 11.8 Å². The molecule has 1 aromatic rings. The molecule has 2 rings (SSSR count). The maximum atomic E-state index is 12.6. The van der Waals surface area contributed by atoms with E-state index in [0.717, 1.165) is 12.0 Å². The van der Waals surface area contributed by atoms with Crippen molar-refractivity contribution in [1.29, 1.82) is 0 Å². The van der Waals surface area contributed by atoms with E-state index in [1.807, 2.05) is 6.92 Å². The van der Waals surface area contributed by atoms with Gasteiger partial charge in [0.2, 0.25) is 11.8 Å². The molecule has 7 nitrogen and oxygen atoms in total. The minimum absolute atomic E-state index is 0.00166. The SMILES string of the molecule is CCCC(=O)N1CSCC1C(=O)Nc1ccc(OCC(=O)O)cc1C. The highest BCUT2D eigenvalue weighted by Crippen LogP contribution is 2.25. The Morgan fingerprint density at radius 3 is 2.80 bits per heavy atom. The molecule has 2 N–H and O–H groups in total. The maximum Gasteiger partial charge on any atom is 0.341 e. The topological polar surface area (TPSA) is 95.9 Å². The predicted molar refractivity (Wildman–Crippen MR) is 95.8 cm³/mol. The van der Waals surface area contributed by atoms with E-state index in [1.165, 1.54) is 0 Å². The zero-order valence-electron chi connectivity index (χ0n) is 14.3. The Hall–Kier alpha value is -2.22. The van der Waals surface area contributed by atoms with E-state index in [0.29, 0.717) is 29.5 Å². The van der Waals surface area contributed by atoms with E-state index in [9.17, 15) is 14.4 Å². The Kier molecular flexibility index (Phi) is 6.69. The van der Waals surface area contributed by atoms with Crippen LogP contribution in [0.15, 0.2) is 18.2 Å². The van der Waals surface area contributed by atoms with Crippen LogP contribution in [0.5, 0.6) is 5.75 Å². The summed E-state index contributed by atoms with van der Waals surface area (Å²) < 4.78 is 5.11. The number of nitrogens with zero attached hydrogens (tertiary/aromatic N) is 1. The quantitative estimate of drug-likeness (QED) is 0.767. The molecule has 0 radical (unpaired) electrons. The number of carbonyl (C=O) groups is 3. The van der Waals surface area contributed by atoms with Gasteiger partial charge in [-0.2, -0.15) is 0 Å². The van der Waals surface area contributed by atoms with Gasteiger partial charge in [-0.1, -0.05) is 6.92 Å². The van der Waals surface area contributed by atoms with Crippen LogP contribution in [0.4, 0.5) is 5.69 Å². The predicted octanol–water partition coefficient (Wildman–Crippen LogP) is 2.10. The lowest BCUT2D eigenvalue weighted by Crippen LogP contribution is -2.44. The molecule has 1 fully saturated rings. The van der Waals surface area contributed by atoms with Crippen molar-refractivity contribution in [3.63, 3.8) is 0 Å². The summed E-state index contributed by atoms with van der Waals surface area (Å²) in [6.07, 6.45) is 1.20. The number of carbonyl (C=O) groups excluding carboxylic acids is 2. The van der Waals surface area contributed by atoms with Gasteiger partial charge >= 0.3 is 5.97 Å². The second-order valence-electron chi connectivity index (χ2n) is 5.78. The summed E-state index contributed by atoms with van der Waals surface area (Å²) in [7, 11) is 0. The molecular formula is C17H22N2O5S. The number of hydrogen-bond acceptors (Lipinski definition) is 5. The molecule has 25 heavy (non-hydrogen) atoms. The Labute approximate surface area is 150 Å². The summed E-state index contributed by atoms with van der Waals surface area (Å²) >= 11 is 1.57. The smallest absolute Gasteiger partial charge is 0.341 e. The van der Waals surface area contributed by atoms with Crippen LogP contribution >= 0.6 is 11.8 Å². The van der Waals surface area contributed by atoms with Gasteiger partial charge in [0.05, 0.1) is 5.88 Å². The molecule has 1 atom stereocenters. The van der Waals surface area contributed by atoms with Crippen molar-refractivity contribution < 1.29 is 24.2 Å². The molecule has 1 unspecified atom stereocenters. The highest BCUT2D eigenvalue weighted by atomic mass is 32.2. The van der Waals surface area contributed by atoms with Crippen LogP contribution in [0.25, 0.3) is 0 Å². The Morgan fingerprint density at radius 1 is 1.40 bits per heavy atom. The van der Waals surface area contributed by atoms with E-state index in [1.54, 1.807) is 41.8 Å². The Morgan fingerprint density at radius 2 is 2.16 bits per heavy atom. The standard InChI is InChI=1S/C17H22N2O5S/c1-3-4-15(20)19-10-25-9-14(19)17(23)18-13-6-5-12(7-11(13)2)24-8-16(21)22/h5-7,14H,3-4,8-10H2,1-2H3,(H,18,23)(H,21,22). The third-order valence-electron chi connectivity index (χ3n) is 3.79. The third-order valence-corrected chi connectivity index (χ3v) is 4.80. The van der Waals surface area contributed by atoms with Gasteiger partial charge in [0, 0.05) is 17.9 Å². The van der Waals surface area contributed by atoms with Crippen molar-refractivity contribution in [1.82, 2.24) is 4.90 Å². The van der Waals surface area contributed by atoms with Crippen LogP contribution < -0.4 is 10.1 Å². The maximum absolute atomic E-state index is 12.6. The number of rotatable bonds is 7. The van der Waals surface area contributed by atoms with Crippen LogP contribution in [0.3, 0.4) is 0 Å². The fourth-order valence-corrected chi connectivity index (χ4v) is 3.67. The summed E-state index contributed by atoms with van der Waals surface area (Å²) in [4.78, 5) is 36.8. The molecule has 0 spiro atoms. The van der Waals surface area contributed by atoms with Crippen molar-refractivity contribution in [2.24, 2.45) is 0 Å². The van der Waals surface area contributed by atoms with Crippen LogP contribution in [0.1, 0.15) is 25.3 Å². The van der Waals surface area contributed by atoms with E-state index in [4.69, 9.17) is 9.84 Å². The number of nitrogens with one attached hydrogen (secondary N) is 1. The summed E-state index contributed by atoms with van der Waals surface area (Å²) in [5.41, 5.74) is 1.38. The van der Waals surface area contributed by atoms with Gasteiger partial charge in [-0.3, -0.25) is 9.59 Å². The van der Waals surface area contributed by atoms with Gasteiger partial charge in [0.15, 0.2) is 6.61 Å². The number of anilines is 1. The molecule has 0 aromatic heterocycles. The van der Waals surface area contributed by atoms with Gasteiger partial charge in [-0.15, -0.1) is 11.8 Å². The lowest BCUT2D eigenvalue weighted by Gasteiger charge is -2.23. The highest BCUT2D eigenvalue weighted by molar-refractivity contribution is 7.99. The van der Waals surface area contributed by atoms with E-state index >= 15 is 0 Å². The number of thioether (sulfide) groups is 1. The molecule has 1 aliphatic rings. The number of carboxylic acid groups (broad SMARTS) is 1. The fourth-order valence-electron chi connectivity index (χ4n) is 2.49. The number of amides is 2. The number of hydrogen-bond donors (Lipinski definition) is 2. The zero-order valence-corrected chi connectivity index (χ0v) is 15.1. The molecule has 1 aromatic carbocycles. The second-order valence-corrected chi connectivity index (χ2v) is 6.78. The third kappa shape index (κ3) is 5.12. The number of aryl methyl sites for hydroxylation is 1. The summed E-state index contributed by atoms with van der Waals surface area (Å²) in [6.45, 7) is 3.32. The van der Waals surface area contributed by atoms with Gasteiger partial charge in [0.1, 0.15) is 11.8 Å². The van der Waals surface area contributed by atoms with Crippen molar-refractivity contribution in [3.05, 3.63) is 23.8 Å². The van der Waals surface area contributed by atoms with Crippen LogP contribution in [-0.4, -0.2) is 52.1 Å². The van der Waals surface area contributed by atoms with Crippen molar-refractivity contribution in [2.75, 3.05) is 23.6 Å². The highest BCUT2D eigenvalue weighted by Gasteiger charge is 2.34. The van der Waals surface area contributed by atoms with E-state index in [2.05, 4.69) is 5.32 Å². The molecule has 136 valence electrons. The second kappa shape index (κ2) is 8.75. The average molecular weight is 366 g/mol. The van der Waals surface area contributed by atoms with Crippen LogP contribution in [0, 0.1) is 6.92 Å². The van der Waals surface area contributed by atoms with Crippen LogP contribution in [-0.2, 0) is 14.4 Å². The molecule has 0 saturated carbocycles. The first-order valence-corrected chi connectivity index (χ1v) is 9.21. The van der Waals surface area contributed by atoms with Gasteiger partial charge < -0.3 is 20.1 Å². The largest absolute Gasteiger partial charge is 0.482 e. The van der Waals surface area contributed by atoms with Crippen LogP contribution in [0.2, 0.25) is 0 Å². The molecule has 8 heteroatoms. The number of ether oxygens (including phenoxy) is 1. The van der Waals surface area contributed by atoms with Crippen molar-refractivity contribution in [3.8, 4) is 5.75 Å². The molecule has 1 aliphatic heterocycles. The Bertz CT molecular complexity index is 664. The van der Waals surface area contributed by atoms with Gasteiger partial charge in [-0.25, -0.2) is 4.79 Å². The molecule has 0 bridgehead atoms. The molecule has 0 aliphatic carbocycles. The molecule has 1 heterocycles. The van der Waals surface area contributed by atoms with E-state index < -0.39 is 18.6 Å². The summed E-state index contributed by atoms with van der Waals surface area (Å²) in [5, 5.41) is 11.5. The first-order chi connectivity index (χ1) is 11.9. The lowest BCUT2D eigenvalue weighted by atomic mass is 10.1. The molecule has 1 saturated heterocycles. The van der Waals surface area contributed by atoms with Gasteiger partial charge in [-0.05, 0) is 37.1 Å². The summed E-state index contributed by atoms with van der Waals surface area (Å²) in [5.74, 6) is 0.288. The minimum atomic E-state index is -1.05. The average Bonchev–Trinajstić information content (AvgIpc) is 3.05. The lowest BCUT2D eigenvalue weighted by molar-refractivity contribution is -0.139. The minimum Gasteiger partial charge on any atom is -0.482 e. The Balaban J connectivity index is 2.02. The summed E-state index contributed by atoms with van der Waals surface area (Å²) in [6, 6.07) is 4.48. The normalized spacial score (nSPS) is 16.6. The van der Waals surface area contributed by atoms with Crippen molar-refractivity contribution in [2.45, 2.75) is 32.7 Å². The zero-order chi connectivity index (χ0) is 18.4. The number of carboxylic acids is 1. The van der Waals surface area contributed by atoms with Gasteiger partial charge in [0.25, 0.3) is 0 Å². The number of benzene rings is 1. The fraction of sp³-hybridized carbons (Fsp3) is 0.471. The first-order valence-electron chi connectivity index (χ1n) is 8.05. The molecular weight excluding hydrogens is 344 g/mol. The monoisotopic (exact) mass is 366 g/mol. The molecule has 2 amide bonds. The first kappa shape index (κ1) is 19.1. The van der Waals surface area contributed by atoms with Crippen molar-refractivity contribution >= 4 is 35.2 Å².